The van der Waals surface area contributed by atoms with Gasteiger partial charge in [0.15, 0.2) is 25.0 Å². The van der Waals surface area contributed by atoms with Crippen molar-refractivity contribution < 1.29 is 52.2 Å². The van der Waals surface area contributed by atoms with Crippen LogP contribution >= 0.6 is 0 Å². The monoisotopic (exact) mass is 717 g/mol. The van der Waals surface area contributed by atoms with Crippen molar-refractivity contribution >= 4 is 11.9 Å². The van der Waals surface area contributed by atoms with Gasteiger partial charge in [-0.05, 0) is 22.6 Å². The van der Waals surface area contributed by atoms with Crippen LogP contribution in [0.5, 0.6) is 0 Å². The van der Waals surface area contributed by atoms with E-state index in [1.165, 1.54) is 13.8 Å². The van der Waals surface area contributed by atoms with Gasteiger partial charge in [0.1, 0.15) is 31.0 Å². The van der Waals surface area contributed by atoms with E-state index in [4.69, 9.17) is 42.6 Å². The third-order valence-corrected chi connectivity index (χ3v) is 9.14. The van der Waals surface area contributed by atoms with Crippen molar-refractivity contribution in [2.75, 3.05) is 13.2 Å². The van der Waals surface area contributed by atoms with Gasteiger partial charge in [-0.3, -0.25) is 9.59 Å². The predicted octanol–water partition coefficient (Wildman–Crippen LogP) is 5.55. The number of esters is 2. The molecule has 3 aromatic carbocycles. The minimum atomic E-state index is -1.23. The molecule has 14 nitrogen and oxygen atoms in total. The lowest BCUT2D eigenvalue weighted by Crippen LogP contribution is -2.65. The summed E-state index contributed by atoms with van der Waals surface area (Å²) in [4.78, 5) is 27.7. The Kier molecular flexibility index (Phi) is 12.9. The highest BCUT2D eigenvalue weighted by atomic mass is 16.8. The first-order valence-corrected chi connectivity index (χ1v) is 17.2. The fraction of sp³-hybridized carbons (Fsp3) is 0.474. The Morgan fingerprint density at radius 2 is 1.42 bits per heavy atom. The maximum Gasteiger partial charge on any atom is 0.303 e. The number of carbonyl (C=O) groups is 2. The van der Waals surface area contributed by atoms with E-state index < -0.39 is 79.4 Å². The summed E-state index contributed by atoms with van der Waals surface area (Å²) in [5, 5.41) is 4.03. The Labute approximate surface area is 301 Å². The quantitative estimate of drug-likeness (QED) is 0.0942. The van der Waals surface area contributed by atoms with Gasteiger partial charge in [0.25, 0.3) is 0 Å². The molecule has 3 aliphatic heterocycles. The van der Waals surface area contributed by atoms with Gasteiger partial charge < -0.3 is 42.6 Å². The highest BCUT2D eigenvalue weighted by molar-refractivity contribution is 5.66. The van der Waals surface area contributed by atoms with E-state index >= 15 is 0 Å². The Balaban J connectivity index is 1.29. The molecule has 14 heteroatoms. The number of ether oxygens (including phenoxy) is 9. The molecule has 6 unspecified atom stereocenters. The van der Waals surface area contributed by atoms with Gasteiger partial charge >= 0.3 is 11.9 Å². The van der Waals surface area contributed by atoms with Crippen molar-refractivity contribution in [1.29, 1.82) is 0 Å². The zero-order valence-electron chi connectivity index (χ0n) is 29.2. The molecule has 11 atom stereocenters. The first kappa shape index (κ1) is 37.4. The molecule has 3 heterocycles. The average molecular weight is 718 g/mol. The van der Waals surface area contributed by atoms with Gasteiger partial charge in [0.05, 0.1) is 32.0 Å². The van der Waals surface area contributed by atoms with Crippen LogP contribution in [0.4, 0.5) is 0 Å². The highest BCUT2D eigenvalue weighted by Gasteiger charge is 2.55. The van der Waals surface area contributed by atoms with E-state index in [0.717, 1.165) is 16.7 Å². The van der Waals surface area contributed by atoms with Crippen LogP contribution < -0.4 is 0 Å². The summed E-state index contributed by atoms with van der Waals surface area (Å²) in [6.07, 6.45) is -8.15. The molecule has 3 fully saturated rings. The Bertz CT molecular complexity index is 1650. The lowest BCUT2D eigenvalue weighted by atomic mass is 9.88. The highest BCUT2D eigenvalue weighted by Crippen LogP contribution is 2.40. The zero-order valence-corrected chi connectivity index (χ0v) is 29.2. The maximum absolute atomic E-state index is 12.7. The SMILES string of the molecule is CC(=O)OCC1OC(OCc2ccccc2)C(N=[N+]=[N-])[C@@H](C)[C@@H]1O[C@@H]1OC2COC(c3ccccc3)O[C@H]2[C@@H](OCc2ccccc2)C1OC(C)=O. The second-order valence-corrected chi connectivity index (χ2v) is 12.9. The van der Waals surface area contributed by atoms with E-state index in [2.05, 4.69) is 10.0 Å². The molecule has 0 spiro atoms. The lowest BCUT2D eigenvalue weighted by Gasteiger charge is -2.50. The number of rotatable bonds is 13. The molecule has 0 aliphatic carbocycles. The molecule has 0 bridgehead atoms. The lowest BCUT2D eigenvalue weighted by molar-refractivity contribution is -0.383. The summed E-state index contributed by atoms with van der Waals surface area (Å²) in [5.41, 5.74) is 12.1. The fourth-order valence-corrected chi connectivity index (χ4v) is 6.63. The summed E-state index contributed by atoms with van der Waals surface area (Å²) >= 11 is 0. The third-order valence-electron chi connectivity index (χ3n) is 9.14. The number of hydrogen-bond acceptors (Lipinski definition) is 12. The van der Waals surface area contributed by atoms with Crippen molar-refractivity contribution in [3.63, 3.8) is 0 Å². The zero-order chi connectivity index (χ0) is 36.5. The summed E-state index contributed by atoms with van der Waals surface area (Å²) < 4.78 is 56.1. The average Bonchev–Trinajstić information content (AvgIpc) is 3.16. The number of hydrogen-bond donors (Lipinski definition) is 0. The first-order valence-electron chi connectivity index (χ1n) is 17.2. The second-order valence-electron chi connectivity index (χ2n) is 12.9. The van der Waals surface area contributed by atoms with Crippen LogP contribution in [0.3, 0.4) is 0 Å². The normalized spacial score (nSPS) is 31.4. The molecule has 0 saturated carbocycles. The maximum atomic E-state index is 12.7. The minimum absolute atomic E-state index is 0.117. The van der Waals surface area contributed by atoms with Crippen LogP contribution in [0.2, 0.25) is 0 Å². The third kappa shape index (κ3) is 9.34. The molecule has 3 saturated heterocycles. The van der Waals surface area contributed by atoms with Crippen LogP contribution in [0.1, 0.15) is 43.8 Å². The van der Waals surface area contributed by atoms with Crippen molar-refractivity contribution in [3.05, 3.63) is 118 Å². The molecule has 6 rings (SSSR count). The smallest absolute Gasteiger partial charge is 0.303 e. The van der Waals surface area contributed by atoms with Crippen LogP contribution in [0, 0.1) is 5.92 Å². The van der Waals surface area contributed by atoms with Crippen LogP contribution in [0.15, 0.2) is 96.1 Å². The van der Waals surface area contributed by atoms with Gasteiger partial charge in [-0.15, -0.1) is 0 Å². The molecule has 0 radical (unpaired) electrons. The summed E-state index contributed by atoms with van der Waals surface area (Å²) in [5.74, 6) is -1.68. The van der Waals surface area contributed by atoms with E-state index in [0.29, 0.717) is 0 Å². The molecular formula is C38H43N3O11. The molecule has 3 aliphatic rings. The van der Waals surface area contributed by atoms with Gasteiger partial charge in [-0.1, -0.05) is 103 Å². The van der Waals surface area contributed by atoms with Crippen molar-refractivity contribution in [2.45, 2.75) is 95.5 Å². The molecular weight excluding hydrogens is 674 g/mol. The van der Waals surface area contributed by atoms with E-state index in [1.807, 2.05) is 97.9 Å². The van der Waals surface area contributed by atoms with Gasteiger partial charge in [0, 0.05) is 24.3 Å². The van der Waals surface area contributed by atoms with Gasteiger partial charge in [-0.25, -0.2) is 0 Å². The Morgan fingerprint density at radius 3 is 2.04 bits per heavy atom. The van der Waals surface area contributed by atoms with Gasteiger partial charge in [0.2, 0.25) is 0 Å². The van der Waals surface area contributed by atoms with Crippen molar-refractivity contribution in [1.82, 2.24) is 0 Å². The van der Waals surface area contributed by atoms with Crippen molar-refractivity contribution in [2.24, 2.45) is 11.0 Å². The molecule has 3 aromatic rings. The molecule has 0 N–H and O–H groups in total. The fourth-order valence-electron chi connectivity index (χ4n) is 6.63. The van der Waals surface area contributed by atoms with E-state index in [1.54, 1.807) is 0 Å². The number of nitrogens with zero attached hydrogens (tertiary/aromatic N) is 3. The van der Waals surface area contributed by atoms with Crippen molar-refractivity contribution in [3.8, 4) is 0 Å². The van der Waals surface area contributed by atoms with Crippen LogP contribution in [-0.2, 0) is 65.4 Å². The van der Waals surface area contributed by atoms with Crippen LogP contribution in [0.25, 0.3) is 10.4 Å². The Morgan fingerprint density at radius 1 is 0.788 bits per heavy atom. The summed E-state index contributed by atoms with van der Waals surface area (Å²) in [6.45, 7) is 4.67. The second kappa shape index (κ2) is 17.9. The van der Waals surface area contributed by atoms with Crippen LogP contribution in [-0.4, -0.2) is 80.4 Å². The topological polar surface area (TPSA) is 166 Å². The summed E-state index contributed by atoms with van der Waals surface area (Å²) in [6, 6.07) is 27.7. The minimum Gasteiger partial charge on any atom is -0.463 e. The first-order chi connectivity index (χ1) is 25.3. The standard InChI is InChI=1S/C38H43N3O11/c1-23-31(40-41-39)37(46-20-27-15-9-5-10-16-27)49-29(21-44-24(2)42)32(23)51-38-35(48-25(3)43)34(45-19-26-13-7-4-8-14-26)33-30(50-38)22-47-36(52-33)28-17-11-6-12-18-28/h4-18,23,29-38H,19-22H2,1-3H3/t23-,29?,30?,31?,32+,33-,34-,35?,36?,37?,38+/m1/s1. The Hall–Kier alpha value is -4.37. The predicted molar refractivity (Wildman–Crippen MR) is 183 cm³/mol. The number of azide groups is 1. The molecule has 0 aromatic heterocycles. The number of fused-ring (bicyclic) bond motifs is 1. The van der Waals surface area contributed by atoms with E-state index in [9.17, 15) is 15.1 Å². The summed E-state index contributed by atoms with van der Waals surface area (Å²) in [7, 11) is 0. The number of carbonyl (C=O) groups excluding carboxylic acids is 2. The van der Waals surface area contributed by atoms with E-state index in [-0.39, 0.29) is 26.4 Å². The van der Waals surface area contributed by atoms with Gasteiger partial charge in [-0.2, -0.15) is 0 Å². The molecule has 52 heavy (non-hydrogen) atoms. The molecule has 0 amide bonds. The molecule has 276 valence electrons. The number of benzene rings is 3. The largest absolute Gasteiger partial charge is 0.463 e.